The number of halogens is 3. The van der Waals surface area contributed by atoms with Crippen LogP contribution in [0.1, 0.15) is 18.9 Å². The lowest BCUT2D eigenvalue weighted by molar-refractivity contribution is -0.127. The van der Waals surface area contributed by atoms with E-state index >= 15 is 0 Å². The number of aromatic nitrogens is 6. The van der Waals surface area contributed by atoms with Crippen LogP contribution in [0.15, 0.2) is 36.9 Å². The molecule has 4 aromatic rings. The highest BCUT2D eigenvalue weighted by Gasteiger charge is 2.51. The quantitative estimate of drug-likeness (QED) is 0.403. The molecule has 0 atom stereocenters. The van der Waals surface area contributed by atoms with Crippen LogP contribution in [0.2, 0.25) is 0 Å². The first-order valence-electron chi connectivity index (χ1n) is 12.2. The first-order valence-corrected chi connectivity index (χ1v) is 12.2. The molecule has 194 valence electrons. The summed E-state index contributed by atoms with van der Waals surface area (Å²) >= 11 is 0. The van der Waals surface area contributed by atoms with Crippen LogP contribution in [0, 0.1) is 5.41 Å². The molecule has 12 heteroatoms. The molecular weight excluding hydrogens is 485 g/mol. The number of pyridine rings is 2. The van der Waals surface area contributed by atoms with E-state index in [1.54, 1.807) is 24.5 Å². The molecule has 2 saturated heterocycles. The SMILES string of the molecule is CCCN1CC2(C1)CN(c1ccc(-c3n[nH]c(-c4cc(OC)c5ncnn5c4)c3CC(F)(F)F)nc1)C2. The van der Waals surface area contributed by atoms with Gasteiger partial charge in [0, 0.05) is 48.9 Å². The molecule has 2 aliphatic rings. The Labute approximate surface area is 211 Å². The van der Waals surface area contributed by atoms with E-state index in [0.717, 1.165) is 38.4 Å². The van der Waals surface area contributed by atoms with E-state index in [4.69, 9.17) is 4.74 Å². The lowest BCUT2D eigenvalue weighted by Gasteiger charge is -2.61. The molecule has 0 amide bonds. The minimum absolute atomic E-state index is 0.0163. The van der Waals surface area contributed by atoms with Crippen molar-refractivity contribution >= 4 is 11.3 Å². The monoisotopic (exact) mass is 512 g/mol. The summed E-state index contributed by atoms with van der Waals surface area (Å²) in [4.78, 5) is 13.4. The Morgan fingerprint density at radius 1 is 1.14 bits per heavy atom. The average molecular weight is 513 g/mol. The van der Waals surface area contributed by atoms with E-state index in [2.05, 4.69) is 42.0 Å². The molecule has 0 radical (unpaired) electrons. The second-order valence-electron chi connectivity index (χ2n) is 10.0. The van der Waals surface area contributed by atoms with Crippen LogP contribution < -0.4 is 9.64 Å². The van der Waals surface area contributed by atoms with Crippen molar-refractivity contribution in [2.75, 3.05) is 44.7 Å². The van der Waals surface area contributed by atoms with Gasteiger partial charge in [0.05, 0.1) is 36.8 Å². The van der Waals surface area contributed by atoms with Gasteiger partial charge in [-0.3, -0.25) is 10.1 Å². The predicted octanol–water partition coefficient (Wildman–Crippen LogP) is 3.83. The molecule has 2 aliphatic heterocycles. The second kappa shape index (κ2) is 8.72. The summed E-state index contributed by atoms with van der Waals surface area (Å²) in [5.41, 5.74) is 3.07. The molecule has 0 aliphatic carbocycles. The molecule has 1 N–H and O–H groups in total. The van der Waals surface area contributed by atoms with Gasteiger partial charge in [-0.15, -0.1) is 0 Å². The fourth-order valence-electron chi connectivity index (χ4n) is 5.61. The van der Waals surface area contributed by atoms with Gasteiger partial charge in [0.25, 0.3) is 0 Å². The Bertz CT molecular complexity index is 1410. The van der Waals surface area contributed by atoms with E-state index in [-0.39, 0.29) is 17.0 Å². The van der Waals surface area contributed by atoms with Gasteiger partial charge in [-0.1, -0.05) is 6.92 Å². The normalized spacial score (nSPS) is 17.3. The van der Waals surface area contributed by atoms with Crippen molar-refractivity contribution in [1.29, 1.82) is 0 Å². The average Bonchev–Trinajstić information content (AvgIpc) is 3.45. The smallest absolute Gasteiger partial charge is 0.393 e. The van der Waals surface area contributed by atoms with Crippen molar-refractivity contribution < 1.29 is 17.9 Å². The zero-order valence-corrected chi connectivity index (χ0v) is 20.6. The number of methoxy groups -OCH3 is 1. The first kappa shape index (κ1) is 23.7. The number of hydrogen-bond acceptors (Lipinski definition) is 7. The number of H-pyrrole nitrogens is 1. The number of nitrogens with one attached hydrogen (secondary N) is 1. The molecule has 6 heterocycles. The minimum Gasteiger partial charge on any atom is -0.493 e. The molecule has 0 saturated carbocycles. The third-order valence-corrected chi connectivity index (χ3v) is 7.16. The molecule has 4 aromatic heterocycles. The summed E-state index contributed by atoms with van der Waals surface area (Å²) in [5, 5.41) is 11.2. The van der Waals surface area contributed by atoms with Gasteiger partial charge < -0.3 is 14.5 Å². The summed E-state index contributed by atoms with van der Waals surface area (Å²) in [6, 6.07) is 5.28. The van der Waals surface area contributed by atoms with Gasteiger partial charge in [0.2, 0.25) is 0 Å². The van der Waals surface area contributed by atoms with E-state index in [0.29, 0.717) is 28.1 Å². The topological polar surface area (TPSA) is 87.5 Å². The molecule has 0 bridgehead atoms. The molecule has 0 unspecified atom stereocenters. The number of rotatable bonds is 7. The Kier molecular flexibility index (Phi) is 5.59. The zero-order valence-electron chi connectivity index (χ0n) is 20.6. The van der Waals surface area contributed by atoms with E-state index in [1.807, 2.05) is 6.07 Å². The Morgan fingerprint density at radius 2 is 1.95 bits per heavy atom. The number of anilines is 1. The van der Waals surface area contributed by atoms with Crippen molar-refractivity contribution in [3.8, 4) is 28.4 Å². The highest BCUT2D eigenvalue weighted by atomic mass is 19.4. The maximum atomic E-state index is 13.6. The molecule has 9 nitrogen and oxygen atoms in total. The third-order valence-electron chi connectivity index (χ3n) is 7.16. The molecule has 2 fully saturated rings. The van der Waals surface area contributed by atoms with Crippen LogP contribution in [-0.2, 0) is 6.42 Å². The van der Waals surface area contributed by atoms with E-state index in [9.17, 15) is 13.2 Å². The van der Waals surface area contributed by atoms with Crippen LogP contribution in [0.3, 0.4) is 0 Å². The number of alkyl halides is 3. The predicted molar refractivity (Wildman–Crippen MR) is 131 cm³/mol. The largest absolute Gasteiger partial charge is 0.493 e. The fraction of sp³-hybridized carbons (Fsp3) is 0.440. The summed E-state index contributed by atoms with van der Waals surface area (Å²) in [5.74, 6) is 0.392. The summed E-state index contributed by atoms with van der Waals surface area (Å²) in [7, 11) is 1.47. The Balaban J connectivity index is 1.28. The number of nitrogens with zero attached hydrogens (tertiary/aromatic N) is 7. The first-order chi connectivity index (χ1) is 17.8. The van der Waals surface area contributed by atoms with Gasteiger partial charge in [-0.2, -0.15) is 23.4 Å². The van der Waals surface area contributed by atoms with Crippen LogP contribution in [0.25, 0.3) is 28.3 Å². The molecule has 0 aromatic carbocycles. The standard InChI is InChI=1S/C25H27F3N8O/c1-3-6-34-11-24(12-34)13-35(14-24)17-4-5-19(29-9-17)22-18(8-25(26,27)28)21(32-33-22)16-7-20(37-2)23-30-15-31-36(23)10-16/h4-5,7,9-10,15H,3,6,8,11-14H2,1-2H3,(H,32,33). The summed E-state index contributed by atoms with van der Waals surface area (Å²) < 4.78 is 47.8. The van der Waals surface area contributed by atoms with Gasteiger partial charge in [0.1, 0.15) is 12.0 Å². The summed E-state index contributed by atoms with van der Waals surface area (Å²) in [6.45, 7) is 7.55. The molecule has 6 rings (SSSR count). The van der Waals surface area contributed by atoms with E-state index < -0.39 is 12.6 Å². The van der Waals surface area contributed by atoms with Crippen molar-refractivity contribution in [3.05, 3.63) is 42.5 Å². The Hall–Kier alpha value is -3.67. The van der Waals surface area contributed by atoms with Crippen LogP contribution in [0.4, 0.5) is 18.9 Å². The highest BCUT2D eigenvalue weighted by Crippen LogP contribution is 2.42. The van der Waals surface area contributed by atoms with Gasteiger partial charge in [-0.25, -0.2) is 9.50 Å². The lowest BCUT2D eigenvalue weighted by atomic mass is 9.72. The molecule has 1 spiro atoms. The van der Waals surface area contributed by atoms with Crippen molar-refractivity contribution in [1.82, 2.24) is 34.7 Å². The zero-order chi connectivity index (χ0) is 25.8. The van der Waals surface area contributed by atoms with Crippen LogP contribution in [0.5, 0.6) is 5.75 Å². The highest BCUT2D eigenvalue weighted by molar-refractivity contribution is 5.75. The number of fused-ring (bicyclic) bond motifs is 1. The number of likely N-dealkylation sites (tertiary alicyclic amines) is 1. The fourth-order valence-corrected chi connectivity index (χ4v) is 5.61. The number of aromatic amines is 1. The maximum Gasteiger partial charge on any atom is 0.393 e. The Morgan fingerprint density at radius 3 is 2.62 bits per heavy atom. The summed E-state index contributed by atoms with van der Waals surface area (Å²) in [6.07, 6.45) is 0.252. The van der Waals surface area contributed by atoms with Crippen molar-refractivity contribution in [2.45, 2.75) is 25.9 Å². The number of ether oxygens (including phenoxy) is 1. The van der Waals surface area contributed by atoms with Gasteiger partial charge in [-0.05, 0) is 31.2 Å². The number of hydrogen-bond donors (Lipinski definition) is 1. The van der Waals surface area contributed by atoms with Crippen LogP contribution in [-0.4, -0.2) is 80.7 Å². The van der Waals surface area contributed by atoms with Gasteiger partial charge in [0.15, 0.2) is 11.4 Å². The lowest BCUT2D eigenvalue weighted by Crippen LogP contribution is -2.72. The van der Waals surface area contributed by atoms with Crippen molar-refractivity contribution in [3.63, 3.8) is 0 Å². The molecular formula is C25H27F3N8O. The van der Waals surface area contributed by atoms with Crippen LogP contribution >= 0.6 is 0 Å². The third kappa shape index (κ3) is 4.28. The van der Waals surface area contributed by atoms with E-state index in [1.165, 1.54) is 24.4 Å². The van der Waals surface area contributed by atoms with Gasteiger partial charge >= 0.3 is 6.18 Å². The van der Waals surface area contributed by atoms with Crippen molar-refractivity contribution in [2.24, 2.45) is 5.41 Å². The second-order valence-corrected chi connectivity index (χ2v) is 10.0. The maximum absolute atomic E-state index is 13.6. The minimum atomic E-state index is -4.44. The molecule has 37 heavy (non-hydrogen) atoms.